The van der Waals surface area contributed by atoms with Gasteiger partial charge in [0.1, 0.15) is 6.61 Å². The summed E-state index contributed by atoms with van der Waals surface area (Å²) in [6.45, 7) is 3.50. The molecule has 16 heavy (non-hydrogen) atoms. The fraction of sp³-hybridized carbons (Fsp3) is 0.462. The summed E-state index contributed by atoms with van der Waals surface area (Å²) in [7, 11) is 0. The predicted molar refractivity (Wildman–Crippen MR) is 65.7 cm³/mol. The van der Waals surface area contributed by atoms with Crippen molar-refractivity contribution < 1.29 is 4.74 Å². The Kier molecular flexibility index (Phi) is 3.57. The van der Waals surface area contributed by atoms with Gasteiger partial charge in [-0.05, 0) is 37.9 Å². The highest BCUT2D eigenvalue weighted by Gasteiger charge is 2.20. The van der Waals surface area contributed by atoms with Crippen LogP contribution in [-0.4, -0.2) is 25.1 Å². The number of hydrogen-bond donors (Lipinski definition) is 1. The molecule has 1 aromatic carbocycles. The lowest BCUT2D eigenvalue weighted by molar-refractivity contribution is 0.310. The fourth-order valence-electron chi connectivity index (χ4n) is 1.88. The Labute approximate surface area is 96.3 Å². The summed E-state index contributed by atoms with van der Waals surface area (Å²) in [4.78, 5) is 4.60. The van der Waals surface area contributed by atoms with Crippen molar-refractivity contribution >= 4 is 5.90 Å². The van der Waals surface area contributed by atoms with Crippen LogP contribution >= 0.6 is 0 Å². The highest BCUT2D eigenvalue weighted by atomic mass is 16.5. The number of nitrogens with two attached hydrogens (primary N) is 1. The van der Waals surface area contributed by atoms with Crippen molar-refractivity contribution in [3.05, 3.63) is 35.4 Å². The zero-order valence-corrected chi connectivity index (χ0v) is 9.65. The lowest BCUT2D eigenvalue weighted by atomic mass is 10.1. The van der Waals surface area contributed by atoms with Gasteiger partial charge in [-0.1, -0.05) is 18.2 Å². The molecule has 0 amide bonds. The van der Waals surface area contributed by atoms with Gasteiger partial charge >= 0.3 is 0 Å². The minimum atomic E-state index is 0.290. The summed E-state index contributed by atoms with van der Waals surface area (Å²) in [5, 5.41) is 0. The number of nitrogens with zero attached hydrogens (tertiary/aromatic N) is 1. The van der Waals surface area contributed by atoms with E-state index in [-0.39, 0.29) is 6.04 Å². The first kappa shape index (κ1) is 11.1. The van der Waals surface area contributed by atoms with E-state index < -0.39 is 0 Å². The first-order chi connectivity index (χ1) is 7.81. The van der Waals surface area contributed by atoms with E-state index in [1.165, 1.54) is 5.56 Å². The molecular weight excluding hydrogens is 200 g/mol. The van der Waals surface area contributed by atoms with Crippen molar-refractivity contribution in [3.63, 3.8) is 0 Å². The third kappa shape index (κ3) is 2.42. The zero-order chi connectivity index (χ0) is 11.4. The summed E-state index contributed by atoms with van der Waals surface area (Å²) in [5.41, 5.74) is 7.81. The maximum atomic E-state index is 5.64. The van der Waals surface area contributed by atoms with Crippen molar-refractivity contribution in [1.82, 2.24) is 0 Å². The van der Waals surface area contributed by atoms with Crippen LogP contribution in [0.25, 0.3) is 0 Å². The minimum absolute atomic E-state index is 0.290. The molecule has 3 heteroatoms. The maximum absolute atomic E-state index is 5.64. The van der Waals surface area contributed by atoms with E-state index >= 15 is 0 Å². The third-order valence-corrected chi connectivity index (χ3v) is 2.83. The number of aliphatic imine (C=N–C) groups is 1. The third-order valence-electron chi connectivity index (χ3n) is 2.83. The summed E-state index contributed by atoms with van der Waals surface area (Å²) < 4.78 is 5.64. The van der Waals surface area contributed by atoms with Gasteiger partial charge < -0.3 is 10.5 Å². The molecule has 1 atom stereocenters. The van der Waals surface area contributed by atoms with Gasteiger partial charge in [0.25, 0.3) is 0 Å². The lowest BCUT2D eigenvalue weighted by Gasteiger charge is -2.03. The fourth-order valence-corrected chi connectivity index (χ4v) is 1.88. The van der Waals surface area contributed by atoms with Gasteiger partial charge in [-0.25, -0.2) is 4.99 Å². The van der Waals surface area contributed by atoms with Crippen LogP contribution < -0.4 is 5.73 Å². The molecule has 86 valence electrons. The largest absolute Gasteiger partial charge is 0.475 e. The van der Waals surface area contributed by atoms with Crippen LogP contribution in [0.3, 0.4) is 0 Å². The van der Waals surface area contributed by atoms with Crippen molar-refractivity contribution in [2.24, 2.45) is 10.7 Å². The van der Waals surface area contributed by atoms with Crippen molar-refractivity contribution in [3.8, 4) is 0 Å². The molecule has 3 nitrogen and oxygen atoms in total. The molecule has 0 saturated carbocycles. The number of benzene rings is 1. The van der Waals surface area contributed by atoms with E-state index in [4.69, 9.17) is 10.5 Å². The molecule has 1 heterocycles. The van der Waals surface area contributed by atoms with Gasteiger partial charge in [-0.2, -0.15) is 0 Å². The van der Waals surface area contributed by atoms with Crippen LogP contribution in [0.2, 0.25) is 0 Å². The smallest absolute Gasteiger partial charge is 0.216 e. The van der Waals surface area contributed by atoms with Gasteiger partial charge in [0.15, 0.2) is 0 Å². The van der Waals surface area contributed by atoms with E-state index in [2.05, 4.69) is 24.0 Å². The Morgan fingerprint density at radius 1 is 1.44 bits per heavy atom. The minimum Gasteiger partial charge on any atom is -0.475 e. The molecule has 0 fully saturated rings. The molecule has 0 radical (unpaired) electrons. The van der Waals surface area contributed by atoms with Gasteiger partial charge in [0, 0.05) is 5.56 Å². The molecular formula is C13H18N2O. The Bertz CT molecular complexity index is 387. The van der Waals surface area contributed by atoms with E-state index in [0.717, 1.165) is 30.8 Å². The Morgan fingerprint density at radius 2 is 2.25 bits per heavy atom. The van der Waals surface area contributed by atoms with Gasteiger partial charge in [-0.15, -0.1) is 0 Å². The quantitative estimate of drug-likeness (QED) is 0.838. The van der Waals surface area contributed by atoms with Gasteiger partial charge in [-0.3, -0.25) is 0 Å². The second-order valence-corrected chi connectivity index (χ2v) is 4.14. The van der Waals surface area contributed by atoms with Crippen LogP contribution in [0.5, 0.6) is 0 Å². The number of ether oxygens (including phenoxy) is 1. The molecule has 1 aliphatic heterocycles. The highest BCUT2D eigenvalue weighted by molar-refractivity contribution is 5.96. The summed E-state index contributed by atoms with van der Waals surface area (Å²) >= 11 is 0. The van der Waals surface area contributed by atoms with Crippen molar-refractivity contribution in [2.45, 2.75) is 25.8 Å². The van der Waals surface area contributed by atoms with Crippen LogP contribution in [0.15, 0.2) is 29.3 Å². The SMILES string of the molecule is Cc1ccccc1C1=NC(CCCN)CO1. The van der Waals surface area contributed by atoms with Crippen LogP contribution in [0.4, 0.5) is 0 Å². The second kappa shape index (κ2) is 5.12. The zero-order valence-electron chi connectivity index (χ0n) is 9.65. The highest BCUT2D eigenvalue weighted by Crippen LogP contribution is 2.17. The van der Waals surface area contributed by atoms with Crippen molar-refractivity contribution in [1.29, 1.82) is 0 Å². The average molecular weight is 218 g/mol. The molecule has 0 saturated heterocycles. The molecule has 0 spiro atoms. The number of aryl methyl sites for hydroxylation is 1. The van der Waals surface area contributed by atoms with Crippen LogP contribution in [0.1, 0.15) is 24.0 Å². The Balaban J connectivity index is 2.09. The maximum Gasteiger partial charge on any atom is 0.216 e. The summed E-state index contributed by atoms with van der Waals surface area (Å²) in [6, 6.07) is 8.47. The van der Waals surface area contributed by atoms with E-state index in [1.54, 1.807) is 0 Å². The molecule has 2 N–H and O–H groups in total. The normalized spacial score (nSPS) is 19.4. The molecule has 0 bridgehead atoms. The van der Waals surface area contributed by atoms with E-state index in [1.807, 2.05) is 12.1 Å². The van der Waals surface area contributed by atoms with Crippen LogP contribution in [-0.2, 0) is 4.74 Å². The molecule has 0 aliphatic carbocycles. The molecule has 1 aliphatic rings. The monoisotopic (exact) mass is 218 g/mol. The molecule has 0 aromatic heterocycles. The summed E-state index contributed by atoms with van der Waals surface area (Å²) in [5.74, 6) is 0.792. The van der Waals surface area contributed by atoms with Crippen molar-refractivity contribution in [2.75, 3.05) is 13.2 Å². The molecule has 1 aromatic rings. The van der Waals surface area contributed by atoms with E-state index in [0.29, 0.717) is 6.61 Å². The number of hydrogen-bond acceptors (Lipinski definition) is 3. The Hall–Kier alpha value is -1.35. The Morgan fingerprint density at radius 3 is 3.00 bits per heavy atom. The topological polar surface area (TPSA) is 47.6 Å². The molecule has 2 rings (SSSR count). The number of rotatable bonds is 4. The molecule has 1 unspecified atom stereocenters. The lowest BCUT2D eigenvalue weighted by Crippen LogP contribution is -2.09. The van der Waals surface area contributed by atoms with Crippen LogP contribution in [0, 0.1) is 6.92 Å². The first-order valence-electron chi connectivity index (χ1n) is 5.78. The first-order valence-corrected chi connectivity index (χ1v) is 5.78. The van der Waals surface area contributed by atoms with Gasteiger partial charge in [0.2, 0.25) is 5.90 Å². The standard InChI is InChI=1S/C13H18N2O/c1-10-5-2-3-7-12(10)13-15-11(9-16-13)6-4-8-14/h2-3,5,7,11H,4,6,8-9,14H2,1H3. The average Bonchev–Trinajstić information content (AvgIpc) is 2.75. The summed E-state index contributed by atoms with van der Waals surface area (Å²) in [6.07, 6.45) is 2.03. The van der Waals surface area contributed by atoms with E-state index in [9.17, 15) is 0 Å². The second-order valence-electron chi connectivity index (χ2n) is 4.14. The van der Waals surface area contributed by atoms with Gasteiger partial charge in [0.05, 0.1) is 6.04 Å². The predicted octanol–water partition coefficient (Wildman–Crippen LogP) is 1.88.